The number of benzene rings is 6. The fourth-order valence-electron chi connectivity index (χ4n) is 8.99. The second kappa shape index (κ2) is 15.3. The van der Waals surface area contributed by atoms with Gasteiger partial charge >= 0.3 is 330 Å². The minimum atomic E-state index is -3.11. The summed E-state index contributed by atoms with van der Waals surface area (Å²) >= 11 is 10.8. The van der Waals surface area contributed by atoms with Gasteiger partial charge in [0.05, 0.1) is 0 Å². The van der Waals surface area contributed by atoms with Crippen molar-refractivity contribution in [3.8, 4) is 11.1 Å². The molecule has 0 heterocycles. The molecule has 8 rings (SSSR count). The number of allylic oxidation sites excluding steroid dienone is 4. The summed E-state index contributed by atoms with van der Waals surface area (Å²) in [6.07, 6.45) is 9.08. The van der Waals surface area contributed by atoms with E-state index in [1.165, 1.54) is 64.0 Å². The molecule has 0 spiro atoms. The normalized spacial score (nSPS) is 13.2. The van der Waals surface area contributed by atoms with Crippen molar-refractivity contribution in [3.05, 3.63) is 167 Å². The minimum Gasteiger partial charge on any atom is -1.00 e. The van der Waals surface area contributed by atoms with Crippen LogP contribution in [-0.2, 0) is 38.5 Å². The number of rotatable bonds is 4. The molecule has 0 nitrogen and oxygen atoms in total. The molecule has 0 saturated carbocycles. The Balaban J connectivity index is 0.00000249. The van der Waals surface area contributed by atoms with Crippen molar-refractivity contribution < 1.29 is 46.1 Å². The molecule has 0 aromatic heterocycles. The summed E-state index contributed by atoms with van der Waals surface area (Å²) < 4.78 is 4.74. The predicted octanol–water partition coefficient (Wildman–Crippen LogP) is 7.45. The Hall–Kier alpha value is -2.77. The Morgan fingerprint density at radius 3 is 1.65 bits per heavy atom. The van der Waals surface area contributed by atoms with Gasteiger partial charge in [-0.25, -0.2) is 0 Å². The van der Waals surface area contributed by atoms with Gasteiger partial charge in [-0.2, -0.15) is 0 Å². The van der Waals surface area contributed by atoms with E-state index in [4.69, 9.17) is 23.2 Å². The van der Waals surface area contributed by atoms with Crippen molar-refractivity contribution >= 4 is 51.2 Å². The van der Waals surface area contributed by atoms with E-state index >= 15 is 0 Å². The molecule has 0 atom stereocenters. The van der Waals surface area contributed by atoms with Crippen LogP contribution in [0.5, 0.6) is 0 Å². The summed E-state index contributed by atoms with van der Waals surface area (Å²) in [5.41, 5.74) is 14.3. The molecule has 0 amide bonds. The van der Waals surface area contributed by atoms with Crippen LogP contribution in [0.1, 0.15) is 92.5 Å². The van der Waals surface area contributed by atoms with E-state index in [-0.39, 0.29) is 35.6 Å². The largest absolute Gasteiger partial charge is 1.00 e. The first-order valence-corrected chi connectivity index (χ1v) is 23.0. The predicted molar refractivity (Wildman–Crippen MR) is 224 cm³/mol. The zero-order valence-electron chi connectivity index (χ0n) is 32.3. The molecule has 0 unspecified atom stereocenters. The summed E-state index contributed by atoms with van der Waals surface area (Å²) in [4.78, 5) is 0. The summed E-state index contributed by atoms with van der Waals surface area (Å²) in [6, 6.07) is 33.9. The van der Waals surface area contributed by atoms with Crippen LogP contribution in [0.25, 0.3) is 32.7 Å². The molecule has 2 aliphatic carbocycles. The summed E-state index contributed by atoms with van der Waals surface area (Å²) in [7, 11) is 0. The average molecular weight is 868 g/mol. The molecule has 2 aliphatic rings. The Labute approximate surface area is 351 Å². The number of hydrogen-bond donors (Lipinski definition) is 0. The van der Waals surface area contributed by atoms with Gasteiger partial charge in [0.25, 0.3) is 0 Å². The first-order valence-electron chi connectivity index (χ1n) is 18.5. The standard InChI is InChI=1S/C23H29.C21H12Cl2.C5H5.2ClH.Zr/c1-14-9-16-11-17-10-15(2)21(23(6,7)8)13-19(17)18(16)12-20(14)22(3,4)5;22-20-11-9-14(16-5-1-3-7-18(16)20)13-15-10-12-21(23)19-8-4-2-6-17(15)19;1-2-4-5-3-1;;;/h9,12-13H,11H2,1-8H3;1-12H;1-3H,4H2;2*1H;/q;;;;;+2/p-2. The fourth-order valence-corrected chi connectivity index (χ4v) is 18.0. The summed E-state index contributed by atoms with van der Waals surface area (Å²) in [5, 5.41) is 6.20. The van der Waals surface area contributed by atoms with Crippen LogP contribution >= 0.6 is 23.2 Å². The van der Waals surface area contributed by atoms with Crippen molar-refractivity contribution in [3.63, 3.8) is 0 Å². The van der Waals surface area contributed by atoms with Gasteiger partial charge < -0.3 is 24.8 Å². The molecule has 6 aromatic rings. The molecule has 5 heteroatoms. The van der Waals surface area contributed by atoms with Gasteiger partial charge in [-0.15, -0.1) is 0 Å². The van der Waals surface area contributed by atoms with Crippen LogP contribution in [0.15, 0.2) is 113 Å². The van der Waals surface area contributed by atoms with Crippen LogP contribution in [0.4, 0.5) is 0 Å². The van der Waals surface area contributed by atoms with Crippen LogP contribution in [-0.4, -0.2) is 3.21 Å². The van der Waals surface area contributed by atoms with E-state index in [0.29, 0.717) is 0 Å². The number of aryl methyl sites for hydroxylation is 1. The quantitative estimate of drug-likeness (QED) is 0.173. The average Bonchev–Trinajstić information content (AvgIpc) is 3.75. The molecule has 0 radical (unpaired) electrons. The third-order valence-corrected chi connectivity index (χ3v) is 19.9. The monoisotopic (exact) mass is 864 g/mol. The third-order valence-electron chi connectivity index (χ3n) is 11.3. The van der Waals surface area contributed by atoms with Gasteiger partial charge in [0, 0.05) is 0 Å². The van der Waals surface area contributed by atoms with Crippen LogP contribution in [0, 0.1) is 13.8 Å². The smallest absolute Gasteiger partial charge is 1.00 e. The van der Waals surface area contributed by atoms with Crippen molar-refractivity contribution in [2.45, 2.75) is 79.1 Å². The SMILES string of the molecule is Cc1cc2c(cc1C(C)(C)C)-c1cc(C(C)(C)C)c(C)[c]([Zr+2]([C]3=CC=CC3)=[C](c3ccc(Cl)c4ccccc34)c3ccc(Cl)c4ccccc34)c1C2.[Cl-].[Cl-]. The maximum atomic E-state index is 6.97. The molecular formula is C49H46Cl4Zr. The Morgan fingerprint density at radius 1 is 0.630 bits per heavy atom. The van der Waals surface area contributed by atoms with E-state index in [0.717, 1.165) is 33.7 Å². The molecule has 0 saturated heterocycles. The topological polar surface area (TPSA) is 0 Å². The molecule has 274 valence electrons. The van der Waals surface area contributed by atoms with Gasteiger partial charge in [-0.3, -0.25) is 0 Å². The van der Waals surface area contributed by atoms with E-state index in [9.17, 15) is 0 Å². The molecule has 6 aromatic carbocycles. The van der Waals surface area contributed by atoms with Crippen molar-refractivity contribution in [1.82, 2.24) is 0 Å². The van der Waals surface area contributed by atoms with Gasteiger partial charge in [0.1, 0.15) is 0 Å². The fraction of sp³-hybridized carbons (Fsp3) is 0.245. The van der Waals surface area contributed by atoms with E-state index in [1.54, 1.807) is 12.1 Å². The molecule has 0 N–H and O–H groups in total. The maximum Gasteiger partial charge on any atom is -1.00 e. The first kappa shape index (κ1) is 40.9. The molecule has 54 heavy (non-hydrogen) atoms. The summed E-state index contributed by atoms with van der Waals surface area (Å²) in [5.74, 6) is 0. The van der Waals surface area contributed by atoms with E-state index < -0.39 is 21.3 Å². The van der Waals surface area contributed by atoms with Crippen molar-refractivity contribution in [2.75, 3.05) is 0 Å². The summed E-state index contributed by atoms with van der Waals surface area (Å²) in [6.45, 7) is 18.9. The number of hydrogen-bond acceptors (Lipinski definition) is 0. The minimum absolute atomic E-state index is 0. The second-order valence-corrected chi connectivity index (χ2v) is 23.5. The zero-order valence-corrected chi connectivity index (χ0v) is 37.8. The Morgan fingerprint density at radius 2 is 1.15 bits per heavy atom. The van der Waals surface area contributed by atoms with Gasteiger partial charge in [0.15, 0.2) is 0 Å². The van der Waals surface area contributed by atoms with Gasteiger partial charge in [0.2, 0.25) is 0 Å². The van der Waals surface area contributed by atoms with Gasteiger partial charge in [-0.1, -0.05) is 0 Å². The van der Waals surface area contributed by atoms with E-state index in [1.807, 2.05) is 0 Å². The Kier molecular flexibility index (Phi) is 11.6. The molecular weight excluding hydrogens is 822 g/mol. The van der Waals surface area contributed by atoms with Crippen molar-refractivity contribution in [1.29, 1.82) is 0 Å². The van der Waals surface area contributed by atoms with Crippen LogP contribution in [0.2, 0.25) is 10.0 Å². The molecule has 0 bridgehead atoms. The van der Waals surface area contributed by atoms with Crippen LogP contribution in [0.3, 0.4) is 0 Å². The number of halogens is 4. The second-order valence-electron chi connectivity index (χ2n) is 16.8. The maximum absolute atomic E-state index is 6.97. The van der Waals surface area contributed by atoms with Crippen LogP contribution < -0.4 is 28.1 Å². The van der Waals surface area contributed by atoms with Crippen molar-refractivity contribution in [2.24, 2.45) is 0 Å². The molecule has 0 aliphatic heterocycles. The van der Waals surface area contributed by atoms with E-state index in [2.05, 4.69) is 165 Å². The molecule has 0 fully saturated rings. The Bertz CT molecular complexity index is 2490. The first-order chi connectivity index (χ1) is 24.7. The number of fused-ring (bicyclic) bond motifs is 5. The third kappa shape index (κ3) is 6.97. The zero-order chi connectivity index (χ0) is 36.7. The van der Waals surface area contributed by atoms with Gasteiger partial charge in [-0.05, 0) is 0 Å².